The maximum atomic E-state index is 9.35. The SMILES string of the molecule is C1COCCN1.CC(C)(C)ON=O.Clc1ccc2nc(N3CCOCC3)sc2n1.N#C[S-].Nc1ccc(Cl)nc1Br.Nc1nc2ccc(Cl)nc2s1.Nc1nc2ccc(Cl)nc2s1.PPP(P)P(P(P(P)P)P(P)P)P(P(P(P)P)P(P)P)P(P(P)P)P(P)P.[Br][Cu][Br].[K+]. The van der Waals surface area contributed by atoms with Crippen LogP contribution in [0.2, 0.25) is 20.6 Å². The van der Waals surface area contributed by atoms with Gasteiger partial charge in [-0.1, -0.05) is 93.8 Å². The number of ether oxygens (including phenoxy) is 2. The number of anilines is 4. The van der Waals surface area contributed by atoms with Crippen LogP contribution in [0.3, 0.4) is 0 Å². The van der Waals surface area contributed by atoms with Gasteiger partial charge in [-0.2, -0.15) is 0 Å². The number of halogens is 7. The molecule has 7 aromatic heterocycles. The second-order valence-electron chi connectivity index (χ2n) is 17.0. The zero-order valence-corrected chi connectivity index (χ0v) is 92.7. The van der Waals surface area contributed by atoms with E-state index in [0.29, 0.717) is 41.2 Å². The quantitative estimate of drug-likeness (QED) is 0.0150. The van der Waals surface area contributed by atoms with E-state index in [1.807, 2.05) is 6.07 Å². The van der Waals surface area contributed by atoms with Crippen molar-refractivity contribution in [3.8, 4) is 5.40 Å². The summed E-state index contributed by atoms with van der Waals surface area (Å²) in [7, 11) is 46.6. The Morgan fingerprint density at radius 3 is 1.27 bits per heavy atom. The van der Waals surface area contributed by atoms with Gasteiger partial charge in [0.15, 0.2) is 20.7 Å². The van der Waals surface area contributed by atoms with E-state index in [4.69, 9.17) is 78.3 Å². The van der Waals surface area contributed by atoms with Gasteiger partial charge in [0.2, 0.25) is 0 Å². The number of aromatic nitrogens is 7. The number of nitriles is 1. The third kappa shape index (κ3) is 44.5. The summed E-state index contributed by atoms with van der Waals surface area (Å²) in [6, 6.07) is 14.0. The number of morpholine rings is 2. The molecule has 58 heteroatoms. The monoisotopic (exact) mass is 2200 g/mol. The van der Waals surface area contributed by atoms with Crippen LogP contribution < -0.4 is 78.8 Å². The van der Waals surface area contributed by atoms with Crippen molar-refractivity contribution in [3.05, 3.63) is 78.7 Å². The normalized spacial score (nSPS) is 13.6. The molecule has 18 nitrogen and oxygen atoms in total. The fourth-order valence-corrected chi connectivity index (χ4v) is 354. The van der Waals surface area contributed by atoms with Gasteiger partial charge >= 0.3 is 90.9 Å². The third-order valence-corrected chi connectivity index (χ3v) is 190. The molecule has 7 N–H and O–H groups in total. The molecule has 17 unspecified atom stereocenters. The Labute approximate surface area is 708 Å². The molecular weight excluding hydrogens is 2140 g/mol. The summed E-state index contributed by atoms with van der Waals surface area (Å²) in [5.74, 6) is 0. The number of fused-ring (bicyclic) bond motifs is 3. The smallest absolute Gasteiger partial charge is 1.00 e. The summed E-state index contributed by atoms with van der Waals surface area (Å²) in [5.41, 5.74) is 19.0. The van der Waals surface area contributed by atoms with E-state index in [1.54, 1.807) is 74.6 Å². The van der Waals surface area contributed by atoms with E-state index in [2.05, 4.69) is 237 Å². The van der Waals surface area contributed by atoms with Gasteiger partial charge in [-0.05, 0) is 169 Å². The molecule has 9 rings (SSSR count). The fraction of sp³-hybridized carbons (Fsp3) is 0.333. The number of thiazole rings is 3. The number of hydrogen-bond acceptors (Lipinski definition) is 22. The van der Waals surface area contributed by atoms with E-state index >= 15 is 0 Å². The molecule has 0 aromatic carbocycles. The predicted octanol–water partition coefficient (Wildman–Crippen LogP) is 23.4. The zero-order valence-electron chi connectivity index (χ0n) is 49.6. The van der Waals surface area contributed by atoms with Gasteiger partial charge in [0.25, 0.3) is 0 Å². The average molecular weight is 2210 g/mol. The van der Waals surface area contributed by atoms with Gasteiger partial charge in [-0.15, -0.1) is 130 Å². The van der Waals surface area contributed by atoms with Crippen molar-refractivity contribution < 1.29 is 77.0 Å². The Kier molecular flexibility index (Phi) is 67.3. The van der Waals surface area contributed by atoms with Crippen molar-refractivity contribution >= 4 is 406 Å². The molecule has 2 aliphatic heterocycles. The van der Waals surface area contributed by atoms with Crippen molar-refractivity contribution in [2.24, 2.45) is 5.34 Å². The van der Waals surface area contributed by atoms with E-state index in [-0.39, 0.29) is 135 Å². The number of nitrogens with zero attached hydrogens (tertiary/aromatic N) is 10. The van der Waals surface area contributed by atoms with Crippen LogP contribution in [-0.2, 0) is 38.3 Å². The maximum absolute atomic E-state index is 9.35. The van der Waals surface area contributed by atoms with Crippen LogP contribution in [0, 0.1) is 15.6 Å². The molecule has 0 aliphatic carbocycles. The Morgan fingerprint density at radius 2 is 0.968 bits per heavy atom. The first-order valence-electron chi connectivity index (χ1n) is 24.3. The molecule has 0 amide bonds. The molecule has 0 spiro atoms. The Hall–Kier alpha value is 10.8. The number of nitrogens with two attached hydrogens (primary N) is 3. The average Bonchev–Trinajstić information content (AvgIpc) is 1.13. The van der Waals surface area contributed by atoms with Crippen LogP contribution >= 0.6 is 341 Å². The van der Waals surface area contributed by atoms with E-state index in [0.717, 1.165) is 96.7 Å². The van der Waals surface area contributed by atoms with Crippen molar-refractivity contribution in [2.45, 2.75) is 26.4 Å². The summed E-state index contributed by atoms with van der Waals surface area (Å²) >= 11 is 41.1. The molecule has 2 aliphatic rings. The van der Waals surface area contributed by atoms with Gasteiger partial charge in [0, 0.05) is 26.2 Å². The number of rotatable bonds is 14. The van der Waals surface area contributed by atoms with Crippen molar-refractivity contribution in [1.29, 1.82) is 5.26 Å². The van der Waals surface area contributed by atoms with E-state index in [1.165, 1.54) is 39.4 Å². The summed E-state index contributed by atoms with van der Waals surface area (Å²) < 4.78 is 10.9. The predicted molar refractivity (Wildman–Crippen MR) is 509 cm³/mol. The molecule has 0 radical (unpaired) electrons. The Bertz CT molecular complexity index is 3160. The number of nitrogen functional groups attached to an aromatic ring is 3. The number of thiocyanates is 1. The molecular formula is C36H69Br3Cl4CuKN14O4P27S4. The van der Waals surface area contributed by atoms with Gasteiger partial charge in [-0.3, -0.25) is 0 Å². The molecule has 94 heavy (non-hydrogen) atoms. The molecule has 7 aromatic rings. The minimum Gasteiger partial charge on any atom is 1.00 e. The second kappa shape index (κ2) is 60.4. The first kappa shape index (κ1) is 105. The topological polar surface area (TPSA) is 264 Å². The first-order chi connectivity index (χ1) is 43.7. The van der Waals surface area contributed by atoms with Crippen LogP contribution in [0.4, 0.5) is 21.1 Å². The molecule has 2 fully saturated rings. The molecule has 527 valence electrons. The third-order valence-electron chi connectivity index (χ3n) is 9.17. The van der Waals surface area contributed by atoms with Gasteiger partial charge in [0.1, 0.15) is 61.9 Å². The molecule has 0 saturated carbocycles. The van der Waals surface area contributed by atoms with E-state index < -0.39 is 5.60 Å². The van der Waals surface area contributed by atoms with Crippen LogP contribution in [0.1, 0.15) is 20.8 Å². The standard InChI is InChI=1S/C10H10ClN3OS.2C6H4ClN3S.C5H4BrClN2.C4H9NO2.C4H9NO.CHNS.2BrH.Cu.K.H29P27/c11-8-2-1-7-9(13-8)16-10(12-7)14-3-5-15-6-4-14;2*7-4-2-1-3-5(10-4)11-6(8)9-3;6-5-3(8)1-2-4(7)9-5;1-4(2,3)7-5-6;1-3-6-4-2-5-1;2-1-3;;;;;1-15-22(14)26(23(16(2)3)17(4)5)27(24(18(6)7)19(8)9)25(20(10)11)21(12)13/h1-2H,3-6H2;2*1-2H,(H2,8,9);1-2H,8H2;1-3H3;5H,1-4H2;3H;2*1H;;;15H,1-14H2/q;;;;;;;;;+2;+1;/p-3. The molecule has 0 bridgehead atoms. The zero-order chi connectivity index (χ0) is 70.7. The Balaban J connectivity index is 0.00000111. The minimum atomic E-state index is -0.429. The fourth-order valence-electron chi connectivity index (χ4n) is 5.77. The van der Waals surface area contributed by atoms with Crippen LogP contribution in [0.25, 0.3) is 31.0 Å². The summed E-state index contributed by atoms with van der Waals surface area (Å²) in [6.45, 7) is 12.8. The van der Waals surface area contributed by atoms with E-state index in [9.17, 15) is 4.91 Å². The summed E-state index contributed by atoms with van der Waals surface area (Å²) in [5, 5.41) is 17.8. The number of hydrogen-bond donors (Lipinski definition) is 4. The second-order valence-corrected chi connectivity index (χ2v) is 134. The first-order valence-corrected chi connectivity index (χ1v) is 82.7. The molecule has 9 heterocycles. The molecule has 17 atom stereocenters. The Morgan fingerprint density at radius 1 is 0.628 bits per heavy atom. The summed E-state index contributed by atoms with van der Waals surface area (Å²) in [6.07, 6.45) is 0. The number of nitrogens with one attached hydrogen (secondary N) is 1. The van der Waals surface area contributed by atoms with Gasteiger partial charge in [-0.25, -0.2) is 40.1 Å². The van der Waals surface area contributed by atoms with Gasteiger partial charge < -0.3 is 54.4 Å². The van der Waals surface area contributed by atoms with Crippen molar-refractivity contribution in [3.63, 3.8) is 0 Å². The van der Waals surface area contributed by atoms with Gasteiger partial charge in [0.05, 0.1) is 32.1 Å². The maximum Gasteiger partial charge on any atom is 1.00 e. The van der Waals surface area contributed by atoms with Crippen molar-refractivity contribution in [1.82, 2.24) is 40.2 Å². The molecule has 2 saturated heterocycles. The van der Waals surface area contributed by atoms with Crippen LogP contribution in [-0.4, -0.2) is 93.1 Å². The largest absolute Gasteiger partial charge is 1.00 e. The number of pyridine rings is 4. The minimum absolute atomic E-state index is 0. The van der Waals surface area contributed by atoms with Crippen LogP contribution in [0.15, 0.2) is 58.5 Å². The van der Waals surface area contributed by atoms with Crippen LogP contribution in [0.5, 0.6) is 0 Å². The summed E-state index contributed by atoms with van der Waals surface area (Å²) in [4.78, 5) is 47.1. The van der Waals surface area contributed by atoms with Crippen molar-refractivity contribution in [2.75, 3.05) is 74.7 Å².